The number of esters is 4. The molecule has 0 aromatic rings. The molecule has 0 aromatic carbocycles. The summed E-state index contributed by atoms with van der Waals surface area (Å²) in [5, 5.41) is 0. The zero-order valence-corrected chi connectivity index (χ0v) is 14.7. The molecule has 0 saturated carbocycles. The molecule has 8 heteroatoms. The minimum atomic E-state index is -1.01. The third-order valence-corrected chi connectivity index (χ3v) is 2.63. The lowest BCUT2D eigenvalue weighted by Crippen LogP contribution is -2.24. The minimum Gasteiger partial charge on any atom is -0.425 e. The zero-order chi connectivity index (χ0) is 18.5. The molecule has 0 aromatic heterocycles. The zero-order valence-electron chi connectivity index (χ0n) is 14.7. The van der Waals surface area contributed by atoms with Gasteiger partial charge in [-0.15, -0.1) is 0 Å². The maximum Gasteiger partial charge on any atom is 0.309 e. The smallest absolute Gasteiger partial charge is 0.309 e. The van der Waals surface area contributed by atoms with Gasteiger partial charge in [-0.05, 0) is 12.8 Å². The van der Waals surface area contributed by atoms with Crippen molar-refractivity contribution in [2.24, 2.45) is 0 Å². The number of hydrogen-bond donors (Lipinski definition) is 0. The lowest BCUT2D eigenvalue weighted by molar-refractivity contribution is -0.190. The van der Waals surface area contributed by atoms with Crippen molar-refractivity contribution in [1.82, 2.24) is 0 Å². The van der Waals surface area contributed by atoms with Crippen molar-refractivity contribution >= 4 is 23.9 Å². The van der Waals surface area contributed by atoms with Crippen molar-refractivity contribution in [2.45, 2.75) is 78.8 Å². The Morgan fingerprint density at radius 1 is 0.583 bits per heavy atom. The lowest BCUT2D eigenvalue weighted by atomic mass is 10.3. The first-order valence-electron chi connectivity index (χ1n) is 8.06. The van der Waals surface area contributed by atoms with Crippen molar-refractivity contribution < 1.29 is 38.1 Å². The first-order valence-corrected chi connectivity index (χ1v) is 8.06. The van der Waals surface area contributed by atoms with Crippen LogP contribution >= 0.6 is 0 Å². The Morgan fingerprint density at radius 3 is 1.08 bits per heavy atom. The van der Waals surface area contributed by atoms with Gasteiger partial charge in [0.25, 0.3) is 0 Å². The van der Waals surface area contributed by atoms with E-state index in [1.807, 2.05) is 13.8 Å². The summed E-state index contributed by atoms with van der Waals surface area (Å²) in [5.41, 5.74) is 0. The van der Waals surface area contributed by atoms with Crippen LogP contribution in [0.2, 0.25) is 0 Å². The molecule has 0 rings (SSSR count). The second kappa shape index (κ2) is 12.3. The molecule has 0 radical (unpaired) electrons. The van der Waals surface area contributed by atoms with E-state index in [1.54, 1.807) is 0 Å². The van der Waals surface area contributed by atoms with Gasteiger partial charge in [0, 0.05) is 26.7 Å². The second-order valence-electron chi connectivity index (χ2n) is 5.09. The topological polar surface area (TPSA) is 105 Å². The fourth-order valence-electron chi connectivity index (χ4n) is 1.64. The molecule has 0 spiro atoms. The maximum absolute atomic E-state index is 11.5. The average Bonchev–Trinajstić information content (AvgIpc) is 2.45. The first-order chi connectivity index (χ1) is 11.3. The summed E-state index contributed by atoms with van der Waals surface area (Å²) in [6.07, 6.45) is -0.749. The summed E-state index contributed by atoms with van der Waals surface area (Å²) in [4.78, 5) is 45.5. The molecule has 0 heterocycles. The van der Waals surface area contributed by atoms with Crippen LogP contribution in [-0.4, -0.2) is 36.5 Å². The Kier molecular flexibility index (Phi) is 11.2. The summed E-state index contributed by atoms with van der Waals surface area (Å²) in [6, 6.07) is 0. The van der Waals surface area contributed by atoms with Crippen LogP contribution in [0, 0.1) is 0 Å². The van der Waals surface area contributed by atoms with Crippen LogP contribution in [0.15, 0.2) is 0 Å². The van der Waals surface area contributed by atoms with Crippen LogP contribution in [0.5, 0.6) is 0 Å². The largest absolute Gasteiger partial charge is 0.425 e. The van der Waals surface area contributed by atoms with Crippen LogP contribution in [0.25, 0.3) is 0 Å². The fraction of sp³-hybridized carbons (Fsp3) is 0.750. The van der Waals surface area contributed by atoms with Gasteiger partial charge in [-0.1, -0.05) is 13.8 Å². The van der Waals surface area contributed by atoms with E-state index in [2.05, 4.69) is 0 Å². The van der Waals surface area contributed by atoms with Crippen LogP contribution in [0.1, 0.15) is 66.2 Å². The second-order valence-corrected chi connectivity index (χ2v) is 5.09. The number of carbonyl (C=O) groups excluding carboxylic acids is 4. The van der Waals surface area contributed by atoms with Crippen molar-refractivity contribution in [2.75, 3.05) is 0 Å². The van der Waals surface area contributed by atoms with E-state index >= 15 is 0 Å². The Hall–Kier alpha value is -2.12. The Balaban J connectivity index is 3.98. The lowest BCUT2D eigenvalue weighted by Gasteiger charge is -2.15. The molecule has 0 fully saturated rings. The molecule has 0 aliphatic carbocycles. The predicted molar refractivity (Wildman–Crippen MR) is 82.3 cm³/mol. The quantitative estimate of drug-likeness (QED) is 0.414. The number of hydrogen-bond acceptors (Lipinski definition) is 8. The molecule has 138 valence electrons. The molecule has 0 unspecified atom stereocenters. The van der Waals surface area contributed by atoms with Crippen molar-refractivity contribution in [3.8, 4) is 0 Å². The summed E-state index contributed by atoms with van der Waals surface area (Å²) >= 11 is 0. The predicted octanol–water partition coefficient (Wildman–Crippen LogP) is 2.23. The van der Waals surface area contributed by atoms with Gasteiger partial charge in [0.15, 0.2) is 0 Å². The summed E-state index contributed by atoms with van der Waals surface area (Å²) < 4.78 is 19.4. The highest BCUT2D eigenvalue weighted by atomic mass is 16.7. The SMILES string of the molecule is CCCC(=O)O[C@@H](C)OC(=O)CCC(=O)O[C@@H](C)OC(=O)CCC. The minimum absolute atomic E-state index is 0.232. The highest BCUT2D eigenvalue weighted by Gasteiger charge is 2.17. The van der Waals surface area contributed by atoms with Gasteiger partial charge in [-0.25, -0.2) is 0 Å². The molecule has 0 aliphatic heterocycles. The van der Waals surface area contributed by atoms with Crippen molar-refractivity contribution in [1.29, 1.82) is 0 Å². The van der Waals surface area contributed by atoms with E-state index < -0.39 is 36.5 Å². The number of rotatable bonds is 11. The van der Waals surface area contributed by atoms with E-state index in [-0.39, 0.29) is 25.7 Å². The highest BCUT2D eigenvalue weighted by molar-refractivity contribution is 5.78. The van der Waals surface area contributed by atoms with E-state index in [0.717, 1.165) is 0 Å². The van der Waals surface area contributed by atoms with Gasteiger partial charge >= 0.3 is 23.9 Å². The van der Waals surface area contributed by atoms with Gasteiger partial charge in [0.1, 0.15) is 0 Å². The van der Waals surface area contributed by atoms with Crippen molar-refractivity contribution in [3.05, 3.63) is 0 Å². The monoisotopic (exact) mass is 346 g/mol. The van der Waals surface area contributed by atoms with Gasteiger partial charge in [0.05, 0.1) is 12.8 Å². The number of carbonyl (C=O) groups is 4. The van der Waals surface area contributed by atoms with E-state index in [0.29, 0.717) is 12.8 Å². The standard InChI is InChI=1S/C16H26O8/c1-5-7-13(17)21-11(3)23-15(19)9-10-16(20)24-12(4)22-14(18)8-6-2/h11-12H,5-10H2,1-4H3/t11-,12+. The fourth-order valence-corrected chi connectivity index (χ4v) is 1.64. The Labute approximate surface area is 141 Å². The van der Waals surface area contributed by atoms with E-state index in [4.69, 9.17) is 18.9 Å². The molecule has 0 amide bonds. The molecule has 8 nitrogen and oxygen atoms in total. The van der Waals surface area contributed by atoms with Crippen LogP contribution in [-0.2, 0) is 38.1 Å². The summed E-state index contributed by atoms with van der Waals surface area (Å²) in [6.45, 7) is 6.48. The molecule has 24 heavy (non-hydrogen) atoms. The molecule has 0 N–H and O–H groups in total. The third kappa shape index (κ3) is 11.4. The Bertz CT molecular complexity index is 392. The van der Waals surface area contributed by atoms with Gasteiger partial charge in [0.2, 0.25) is 12.6 Å². The van der Waals surface area contributed by atoms with Gasteiger partial charge < -0.3 is 18.9 Å². The van der Waals surface area contributed by atoms with Gasteiger partial charge in [-0.2, -0.15) is 0 Å². The summed E-state index contributed by atoms with van der Waals surface area (Å²) in [5.74, 6) is -2.31. The molecular formula is C16H26O8. The Morgan fingerprint density at radius 2 is 0.833 bits per heavy atom. The summed E-state index contributed by atoms with van der Waals surface area (Å²) in [7, 11) is 0. The van der Waals surface area contributed by atoms with Gasteiger partial charge in [-0.3, -0.25) is 19.2 Å². The first kappa shape index (κ1) is 21.9. The molecule has 0 bridgehead atoms. The number of ether oxygens (including phenoxy) is 4. The molecular weight excluding hydrogens is 320 g/mol. The molecule has 2 atom stereocenters. The van der Waals surface area contributed by atoms with E-state index in [1.165, 1.54) is 13.8 Å². The normalized spacial score (nSPS) is 12.7. The van der Waals surface area contributed by atoms with Crippen LogP contribution in [0.4, 0.5) is 0 Å². The highest BCUT2D eigenvalue weighted by Crippen LogP contribution is 2.05. The van der Waals surface area contributed by atoms with Crippen LogP contribution < -0.4 is 0 Å². The molecule has 0 aliphatic rings. The maximum atomic E-state index is 11.5. The average molecular weight is 346 g/mol. The van der Waals surface area contributed by atoms with Crippen LogP contribution in [0.3, 0.4) is 0 Å². The third-order valence-electron chi connectivity index (χ3n) is 2.63. The van der Waals surface area contributed by atoms with E-state index in [9.17, 15) is 19.2 Å². The van der Waals surface area contributed by atoms with Crippen molar-refractivity contribution in [3.63, 3.8) is 0 Å². The molecule has 0 saturated heterocycles.